The van der Waals surface area contributed by atoms with Crippen LogP contribution in [-0.4, -0.2) is 21.9 Å². The molecule has 0 spiro atoms. The fourth-order valence-corrected chi connectivity index (χ4v) is 1.51. The molecule has 1 aromatic carbocycles. The topological polar surface area (TPSA) is 109 Å². The Morgan fingerprint density at radius 1 is 1.05 bits per heavy atom. The second-order valence-corrected chi connectivity index (χ2v) is 3.51. The first-order valence-corrected chi connectivity index (χ1v) is 5.24. The first kappa shape index (κ1) is 12.4. The zero-order valence-corrected chi connectivity index (χ0v) is 9.59. The molecule has 2 rings (SSSR count). The van der Waals surface area contributed by atoms with Crippen molar-refractivity contribution in [1.29, 1.82) is 0 Å². The third-order valence-corrected chi connectivity index (χ3v) is 2.38. The summed E-state index contributed by atoms with van der Waals surface area (Å²) in [5.74, 6) is -1.25. The molecule has 19 heavy (non-hydrogen) atoms. The van der Waals surface area contributed by atoms with Crippen LogP contribution >= 0.6 is 0 Å². The van der Waals surface area contributed by atoms with Crippen LogP contribution in [-0.2, 0) is 0 Å². The van der Waals surface area contributed by atoms with Gasteiger partial charge in [-0.25, -0.2) is 0 Å². The van der Waals surface area contributed by atoms with Crippen molar-refractivity contribution in [2.24, 2.45) is 5.11 Å². The number of hydrogen-bond donors (Lipinski definition) is 0. The average Bonchev–Trinajstić information content (AvgIpc) is 2.47. The van der Waals surface area contributed by atoms with Gasteiger partial charge in [0.25, 0.3) is 5.91 Å². The molecule has 1 heterocycles. The minimum absolute atomic E-state index is 0.0543. The molecular weight excluding hydrogens is 246 g/mol. The number of nitrogens with zero attached hydrogens (tertiary/aromatic N) is 5. The fourth-order valence-electron chi connectivity index (χ4n) is 1.51. The minimum Gasteiger partial charge on any atom is -0.289 e. The van der Waals surface area contributed by atoms with Gasteiger partial charge in [-0.15, -0.1) is 0 Å². The van der Waals surface area contributed by atoms with Gasteiger partial charge in [-0.1, -0.05) is 30.3 Å². The van der Waals surface area contributed by atoms with Gasteiger partial charge in [0, 0.05) is 10.5 Å². The van der Waals surface area contributed by atoms with Crippen molar-refractivity contribution in [2.45, 2.75) is 0 Å². The van der Waals surface area contributed by atoms with Gasteiger partial charge in [-0.05, 0) is 10.6 Å². The number of azide groups is 1. The molecule has 7 heteroatoms. The van der Waals surface area contributed by atoms with Crippen LogP contribution in [0.15, 0.2) is 47.8 Å². The molecule has 0 fully saturated rings. The van der Waals surface area contributed by atoms with Gasteiger partial charge in [-0.3, -0.25) is 9.59 Å². The standard InChI is InChI=1S/C12H7N5O2/c13-17-16-12(19)10-7-15-14-6-9(10)11(18)8-4-2-1-3-5-8/h1-7H. The highest BCUT2D eigenvalue weighted by molar-refractivity contribution is 6.15. The summed E-state index contributed by atoms with van der Waals surface area (Å²) in [5.41, 5.74) is 8.66. The number of rotatable bonds is 3. The lowest BCUT2D eigenvalue weighted by Gasteiger charge is -2.03. The highest BCUT2D eigenvalue weighted by atomic mass is 16.2. The lowest BCUT2D eigenvalue weighted by Crippen LogP contribution is -2.10. The van der Waals surface area contributed by atoms with Crippen LogP contribution in [0.2, 0.25) is 0 Å². The molecule has 0 aliphatic rings. The highest BCUT2D eigenvalue weighted by Crippen LogP contribution is 2.13. The van der Waals surface area contributed by atoms with Crippen LogP contribution in [0, 0.1) is 0 Å². The molecular formula is C12H7N5O2. The smallest absolute Gasteiger partial charge is 0.251 e. The molecule has 1 amide bonds. The largest absolute Gasteiger partial charge is 0.289 e. The molecule has 0 bridgehead atoms. The molecule has 0 saturated carbocycles. The maximum Gasteiger partial charge on any atom is 0.251 e. The Morgan fingerprint density at radius 3 is 2.32 bits per heavy atom. The van der Waals surface area contributed by atoms with E-state index < -0.39 is 5.91 Å². The van der Waals surface area contributed by atoms with Gasteiger partial charge in [-0.2, -0.15) is 10.2 Å². The Morgan fingerprint density at radius 2 is 1.68 bits per heavy atom. The second-order valence-electron chi connectivity index (χ2n) is 3.51. The SMILES string of the molecule is [N-]=[N+]=NC(=O)c1cnncc1C(=O)c1ccccc1. The quantitative estimate of drug-likeness (QED) is 0.361. The van der Waals surface area contributed by atoms with E-state index in [2.05, 4.69) is 20.2 Å². The summed E-state index contributed by atoms with van der Waals surface area (Å²) in [4.78, 5) is 26.2. The van der Waals surface area contributed by atoms with Crippen molar-refractivity contribution >= 4 is 11.7 Å². The van der Waals surface area contributed by atoms with Crippen LogP contribution < -0.4 is 0 Å². The number of hydrogen-bond acceptors (Lipinski definition) is 4. The Bertz CT molecular complexity index is 678. The Kier molecular flexibility index (Phi) is 3.61. The van der Waals surface area contributed by atoms with Crippen molar-refractivity contribution in [3.8, 4) is 0 Å². The van der Waals surface area contributed by atoms with E-state index in [1.807, 2.05) is 0 Å². The number of aromatic nitrogens is 2. The molecule has 7 nitrogen and oxygen atoms in total. The van der Waals surface area contributed by atoms with E-state index >= 15 is 0 Å². The van der Waals surface area contributed by atoms with Crippen LogP contribution in [0.25, 0.3) is 10.4 Å². The predicted molar refractivity (Wildman–Crippen MR) is 65.4 cm³/mol. The van der Waals surface area contributed by atoms with Crippen LogP contribution in [0.3, 0.4) is 0 Å². The average molecular weight is 253 g/mol. The second kappa shape index (κ2) is 5.52. The number of ketones is 1. The molecule has 0 N–H and O–H groups in total. The third-order valence-electron chi connectivity index (χ3n) is 2.38. The van der Waals surface area contributed by atoms with E-state index in [0.717, 1.165) is 6.20 Å². The van der Waals surface area contributed by atoms with E-state index in [0.29, 0.717) is 5.56 Å². The van der Waals surface area contributed by atoms with E-state index in [1.165, 1.54) is 6.20 Å². The number of benzene rings is 1. The molecule has 0 aliphatic carbocycles. The van der Waals surface area contributed by atoms with Gasteiger partial charge in [0.1, 0.15) is 0 Å². The zero-order chi connectivity index (χ0) is 13.7. The normalized spacial score (nSPS) is 9.47. The van der Waals surface area contributed by atoms with Gasteiger partial charge in [0.05, 0.1) is 23.5 Å². The van der Waals surface area contributed by atoms with Gasteiger partial charge < -0.3 is 0 Å². The van der Waals surface area contributed by atoms with E-state index in [1.54, 1.807) is 30.3 Å². The number of amides is 1. The van der Waals surface area contributed by atoms with E-state index in [4.69, 9.17) is 5.53 Å². The number of carbonyl (C=O) groups is 2. The van der Waals surface area contributed by atoms with Gasteiger partial charge >= 0.3 is 0 Å². The van der Waals surface area contributed by atoms with Crippen LogP contribution in [0.4, 0.5) is 0 Å². The summed E-state index contributed by atoms with van der Waals surface area (Å²) in [7, 11) is 0. The summed E-state index contributed by atoms with van der Waals surface area (Å²) in [6.45, 7) is 0. The lowest BCUT2D eigenvalue weighted by atomic mass is 10.0. The molecule has 1 aromatic heterocycles. The zero-order valence-electron chi connectivity index (χ0n) is 9.59. The molecule has 0 atom stereocenters. The van der Waals surface area contributed by atoms with Gasteiger partial charge in [0.2, 0.25) is 0 Å². The summed E-state index contributed by atoms with van der Waals surface area (Å²) in [5, 5.41) is 10.0. The predicted octanol–water partition coefficient (Wildman–Crippen LogP) is 2.16. The number of carbonyl (C=O) groups excluding carboxylic acids is 2. The Balaban J connectivity index is 2.49. The highest BCUT2D eigenvalue weighted by Gasteiger charge is 2.18. The monoisotopic (exact) mass is 253 g/mol. The van der Waals surface area contributed by atoms with Crippen molar-refractivity contribution in [3.63, 3.8) is 0 Å². The molecule has 92 valence electrons. The molecule has 0 radical (unpaired) electrons. The van der Waals surface area contributed by atoms with Crippen molar-refractivity contribution in [2.75, 3.05) is 0 Å². The van der Waals surface area contributed by atoms with Crippen LogP contribution in [0.1, 0.15) is 26.3 Å². The summed E-state index contributed by atoms with van der Waals surface area (Å²) in [6.07, 6.45) is 2.28. The molecule has 0 aliphatic heterocycles. The third kappa shape index (κ3) is 2.62. The molecule has 2 aromatic rings. The summed E-state index contributed by atoms with van der Waals surface area (Å²) >= 11 is 0. The maximum absolute atomic E-state index is 12.2. The minimum atomic E-state index is -0.864. The molecule has 0 unspecified atom stereocenters. The van der Waals surface area contributed by atoms with Gasteiger partial charge in [0.15, 0.2) is 5.78 Å². The Labute approximate surface area is 107 Å². The fraction of sp³-hybridized carbons (Fsp3) is 0. The molecule has 0 saturated heterocycles. The Hall–Kier alpha value is -3.05. The lowest BCUT2D eigenvalue weighted by molar-refractivity contribution is 0.0980. The first-order valence-electron chi connectivity index (χ1n) is 5.24. The van der Waals surface area contributed by atoms with Crippen molar-refractivity contribution < 1.29 is 9.59 Å². The van der Waals surface area contributed by atoms with Crippen LogP contribution in [0.5, 0.6) is 0 Å². The van der Waals surface area contributed by atoms with Crippen molar-refractivity contribution in [3.05, 3.63) is 69.9 Å². The first-order chi connectivity index (χ1) is 9.24. The summed E-state index contributed by atoms with van der Waals surface area (Å²) < 4.78 is 0. The van der Waals surface area contributed by atoms with Crippen molar-refractivity contribution in [1.82, 2.24) is 10.2 Å². The van der Waals surface area contributed by atoms with E-state index in [-0.39, 0.29) is 16.9 Å². The maximum atomic E-state index is 12.2. The van der Waals surface area contributed by atoms with E-state index in [9.17, 15) is 9.59 Å². The summed E-state index contributed by atoms with van der Waals surface area (Å²) in [6, 6.07) is 8.41.